The maximum absolute atomic E-state index is 12.1. The number of imidazole rings is 1. The summed E-state index contributed by atoms with van der Waals surface area (Å²) >= 11 is 5.88. The van der Waals surface area contributed by atoms with Crippen molar-refractivity contribution < 1.29 is 14.3 Å². The summed E-state index contributed by atoms with van der Waals surface area (Å²) in [5, 5.41) is 3.52. The van der Waals surface area contributed by atoms with E-state index in [1.54, 1.807) is 30.7 Å². The van der Waals surface area contributed by atoms with E-state index in [1.807, 2.05) is 6.07 Å². The number of nitrogens with zero attached hydrogens (tertiary/aromatic N) is 5. The van der Waals surface area contributed by atoms with Gasteiger partial charge < -0.3 is 20.5 Å². The van der Waals surface area contributed by atoms with Crippen LogP contribution in [-0.4, -0.2) is 43.3 Å². The maximum Gasteiger partial charge on any atom is 0.516 e. The van der Waals surface area contributed by atoms with E-state index in [0.29, 0.717) is 28.8 Å². The highest BCUT2D eigenvalue weighted by Crippen LogP contribution is 2.26. The second-order valence-corrected chi connectivity index (χ2v) is 7.26. The summed E-state index contributed by atoms with van der Waals surface area (Å²) < 4.78 is 12.0. The molecule has 0 atom stereocenters. The average Bonchev–Trinajstić information content (AvgIpc) is 3.01. The Labute approximate surface area is 178 Å². The van der Waals surface area contributed by atoms with Gasteiger partial charge in [-0.1, -0.05) is 31.0 Å². The first-order chi connectivity index (χ1) is 14.4. The van der Waals surface area contributed by atoms with Crippen molar-refractivity contribution >= 4 is 40.7 Å². The second-order valence-electron chi connectivity index (χ2n) is 6.87. The van der Waals surface area contributed by atoms with Crippen LogP contribution in [0.4, 0.5) is 16.6 Å². The zero-order valence-corrected chi connectivity index (χ0v) is 17.8. The molecule has 0 aromatic carbocycles. The second kappa shape index (κ2) is 9.57. The SMILES string of the molecule is CCCCNc1nc(N)c2nc(OC(=O)OC(C)C)n(Cc3ccc(Cl)nc3)c2n1. The van der Waals surface area contributed by atoms with Gasteiger partial charge in [-0.3, -0.25) is 4.57 Å². The van der Waals surface area contributed by atoms with Gasteiger partial charge in [0.05, 0.1) is 12.6 Å². The van der Waals surface area contributed by atoms with Gasteiger partial charge in [0, 0.05) is 12.7 Å². The quantitative estimate of drug-likeness (QED) is 0.310. The molecular formula is C19H24ClN7O3. The third kappa shape index (κ3) is 5.26. The van der Waals surface area contributed by atoms with E-state index in [9.17, 15) is 4.79 Å². The molecule has 0 spiro atoms. The van der Waals surface area contributed by atoms with Crippen molar-refractivity contribution in [3.8, 4) is 6.01 Å². The highest BCUT2D eigenvalue weighted by molar-refractivity contribution is 6.29. The molecule has 0 saturated heterocycles. The minimum Gasteiger partial charge on any atom is -0.431 e. The van der Waals surface area contributed by atoms with E-state index in [0.717, 1.165) is 18.4 Å². The first-order valence-corrected chi connectivity index (χ1v) is 10.0. The minimum atomic E-state index is -0.872. The lowest BCUT2D eigenvalue weighted by atomic mass is 10.3. The molecule has 3 heterocycles. The van der Waals surface area contributed by atoms with Gasteiger partial charge in [0.2, 0.25) is 5.95 Å². The van der Waals surface area contributed by atoms with Crippen molar-refractivity contribution in [2.45, 2.75) is 46.3 Å². The number of nitrogens with two attached hydrogens (primary N) is 1. The van der Waals surface area contributed by atoms with Crippen LogP contribution in [0.25, 0.3) is 11.2 Å². The number of carbonyl (C=O) groups is 1. The third-order valence-corrected chi connectivity index (χ3v) is 4.26. The molecule has 160 valence electrons. The van der Waals surface area contributed by atoms with Gasteiger partial charge in [0.25, 0.3) is 0 Å². The van der Waals surface area contributed by atoms with Crippen molar-refractivity contribution in [2.24, 2.45) is 0 Å². The molecule has 0 amide bonds. The number of rotatable bonds is 8. The Morgan fingerprint density at radius 1 is 1.30 bits per heavy atom. The summed E-state index contributed by atoms with van der Waals surface area (Å²) in [6.07, 6.45) is 2.41. The lowest BCUT2D eigenvalue weighted by Gasteiger charge is -2.11. The summed E-state index contributed by atoms with van der Waals surface area (Å²) in [4.78, 5) is 29.3. The number of aromatic nitrogens is 5. The van der Waals surface area contributed by atoms with Crippen LogP contribution >= 0.6 is 11.6 Å². The minimum absolute atomic E-state index is 0.00249. The Morgan fingerprint density at radius 2 is 2.10 bits per heavy atom. The molecule has 0 aliphatic carbocycles. The van der Waals surface area contributed by atoms with Crippen molar-refractivity contribution in [3.63, 3.8) is 0 Å². The van der Waals surface area contributed by atoms with E-state index < -0.39 is 6.16 Å². The molecule has 0 aliphatic heterocycles. The van der Waals surface area contributed by atoms with E-state index >= 15 is 0 Å². The Bertz CT molecular complexity index is 1020. The average molecular weight is 434 g/mol. The third-order valence-electron chi connectivity index (χ3n) is 4.04. The number of hydrogen-bond acceptors (Lipinski definition) is 9. The summed E-state index contributed by atoms with van der Waals surface area (Å²) in [5.74, 6) is 0.550. The molecule has 3 rings (SSSR count). The van der Waals surface area contributed by atoms with E-state index in [2.05, 4.69) is 32.2 Å². The van der Waals surface area contributed by atoms with Crippen molar-refractivity contribution in [1.82, 2.24) is 24.5 Å². The number of anilines is 2. The zero-order chi connectivity index (χ0) is 21.7. The van der Waals surface area contributed by atoms with E-state index in [1.165, 1.54) is 0 Å². The van der Waals surface area contributed by atoms with Gasteiger partial charge in [-0.15, -0.1) is 0 Å². The van der Waals surface area contributed by atoms with Crippen LogP contribution in [0.2, 0.25) is 5.15 Å². The molecule has 11 heteroatoms. The Morgan fingerprint density at radius 3 is 2.77 bits per heavy atom. The van der Waals surface area contributed by atoms with Crippen LogP contribution in [0.3, 0.4) is 0 Å². The first-order valence-electron chi connectivity index (χ1n) is 9.64. The van der Waals surface area contributed by atoms with Gasteiger partial charge in [0.1, 0.15) is 5.15 Å². The lowest BCUT2D eigenvalue weighted by molar-refractivity contribution is 0.0692. The molecule has 30 heavy (non-hydrogen) atoms. The molecule has 3 aromatic heterocycles. The van der Waals surface area contributed by atoms with Gasteiger partial charge in [-0.25, -0.2) is 9.78 Å². The fourth-order valence-electron chi connectivity index (χ4n) is 2.65. The lowest BCUT2D eigenvalue weighted by Crippen LogP contribution is -2.18. The van der Waals surface area contributed by atoms with Crippen LogP contribution in [0.1, 0.15) is 39.2 Å². The van der Waals surface area contributed by atoms with Crippen molar-refractivity contribution in [2.75, 3.05) is 17.6 Å². The fourth-order valence-corrected chi connectivity index (χ4v) is 2.76. The standard InChI is InChI=1S/C19H24ClN7O3/c1-4-5-8-22-17-25-15(21)14-16(26-17)27(10-12-6-7-13(20)23-9-12)18(24-14)30-19(28)29-11(2)3/h6-7,9,11H,4-5,8,10H2,1-3H3,(H3,21,22,25,26). The Kier molecular flexibility index (Phi) is 6.88. The molecule has 0 aliphatic rings. The molecule has 10 nitrogen and oxygen atoms in total. The number of hydrogen-bond donors (Lipinski definition) is 2. The number of carbonyl (C=O) groups excluding carboxylic acids is 1. The first kappa shape index (κ1) is 21.6. The van der Waals surface area contributed by atoms with Crippen LogP contribution in [0.5, 0.6) is 6.01 Å². The summed E-state index contributed by atoms with van der Waals surface area (Å²) in [6.45, 7) is 6.52. The largest absolute Gasteiger partial charge is 0.516 e. The van der Waals surface area contributed by atoms with Crippen LogP contribution in [0.15, 0.2) is 18.3 Å². The number of pyridine rings is 1. The molecule has 0 unspecified atom stereocenters. The van der Waals surface area contributed by atoms with Crippen LogP contribution in [-0.2, 0) is 11.3 Å². The van der Waals surface area contributed by atoms with Crippen molar-refractivity contribution in [3.05, 3.63) is 29.0 Å². The smallest absolute Gasteiger partial charge is 0.431 e. The summed E-state index contributed by atoms with van der Waals surface area (Å²) in [6, 6.07) is 3.48. The molecule has 0 fully saturated rings. The normalized spacial score (nSPS) is 11.1. The van der Waals surface area contributed by atoms with E-state index in [4.69, 9.17) is 26.8 Å². The number of fused-ring (bicyclic) bond motifs is 1. The molecule has 0 radical (unpaired) electrons. The fraction of sp³-hybridized carbons (Fsp3) is 0.421. The van der Waals surface area contributed by atoms with Gasteiger partial charge >= 0.3 is 12.2 Å². The number of nitrogen functional groups attached to an aromatic ring is 1. The predicted octanol–water partition coefficient (Wildman–Crippen LogP) is 3.64. The Hall–Kier alpha value is -3.14. The zero-order valence-electron chi connectivity index (χ0n) is 17.1. The van der Waals surface area contributed by atoms with Crippen LogP contribution in [0, 0.1) is 0 Å². The highest BCUT2D eigenvalue weighted by Gasteiger charge is 2.21. The molecule has 3 N–H and O–H groups in total. The van der Waals surface area contributed by atoms with Crippen molar-refractivity contribution in [1.29, 1.82) is 0 Å². The molecule has 0 bridgehead atoms. The monoisotopic (exact) mass is 433 g/mol. The summed E-state index contributed by atoms with van der Waals surface area (Å²) in [7, 11) is 0. The predicted molar refractivity (Wildman–Crippen MR) is 114 cm³/mol. The van der Waals surface area contributed by atoms with Crippen LogP contribution < -0.4 is 15.8 Å². The van der Waals surface area contributed by atoms with Gasteiger partial charge in [-0.05, 0) is 31.9 Å². The number of halogens is 1. The Balaban J connectivity index is 2.02. The number of unbranched alkanes of at least 4 members (excludes halogenated alkanes) is 1. The molecule has 3 aromatic rings. The molecule has 0 saturated carbocycles. The maximum atomic E-state index is 12.1. The topological polar surface area (TPSA) is 130 Å². The van der Waals surface area contributed by atoms with Gasteiger partial charge in [-0.2, -0.15) is 15.0 Å². The number of nitrogens with one attached hydrogen (secondary N) is 1. The number of ether oxygens (including phenoxy) is 2. The summed E-state index contributed by atoms with van der Waals surface area (Å²) in [5.41, 5.74) is 7.65. The van der Waals surface area contributed by atoms with E-state index in [-0.39, 0.29) is 24.5 Å². The van der Waals surface area contributed by atoms with Gasteiger partial charge in [0.15, 0.2) is 17.0 Å². The highest BCUT2D eigenvalue weighted by atomic mass is 35.5. The molecular weight excluding hydrogens is 410 g/mol.